The van der Waals surface area contributed by atoms with Crippen LogP contribution in [0, 0.1) is 5.82 Å². The Balaban J connectivity index is 0.000000235. The van der Waals surface area contributed by atoms with E-state index in [-0.39, 0.29) is 11.6 Å². The molecule has 1 aliphatic heterocycles. The lowest BCUT2D eigenvalue weighted by Gasteiger charge is -2.33. The van der Waals surface area contributed by atoms with Gasteiger partial charge in [0.15, 0.2) is 5.79 Å². The van der Waals surface area contributed by atoms with Gasteiger partial charge in [-0.2, -0.15) is 0 Å². The number of ether oxygens (including phenoxy) is 2. The molecule has 1 aromatic carbocycles. The van der Waals surface area contributed by atoms with Crippen LogP contribution in [0.4, 0.5) is 4.39 Å². The Labute approximate surface area is 154 Å². The SMILES string of the molecule is C=C1CCC2(C/C1=C/C)OCCO2.CC.CCc1cc(F)cc(P)c1. The first-order valence-corrected chi connectivity index (χ1v) is 9.72. The van der Waals surface area contributed by atoms with Crippen molar-refractivity contribution in [2.75, 3.05) is 13.2 Å². The molecule has 1 aliphatic carbocycles. The molecule has 0 N–H and O–H groups in total. The number of hydrogen-bond donors (Lipinski definition) is 0. The van der Waals surface area contributed by atoms with Gasteiger partial charge in [-0.25, -0.2) is 4.39 Å². The van der Waals surface area contributed by atoms with E-state index in [2.05, 4.69) is 28.8 Å². The van der Waals surface area contributed by atoms with E-state index in [1.807, 2.05) is 26.8 Å². The van der Waals surface area contributed by atoms with Crippen LogP contribution in [0.3, 0.4) is 0 Å². The first-order valence-electron chi connectivity index (χ1n) is 9.14. The van der Waals surface area contributed by atoms with Gasteiger partial charge < -0.3 is 9.47 Å². The maximum absolute atomic E-state index is 12.6. The van der Waals surface area contributed by atoms with Crippen molar-refractivity contribution in [2.45, 2.75) is 59.2 Å². The van der Waals surface area contributed by atoms with Crippen LogP contribution in [0.2, 0.25) is 0 Å². The molecule has 1 aromatic rings. The number of hydrogen-bond acceptors (Lipinski definition) is 2. The molecule has 1 heterocycles. The van der Waals surface area contributed by atoms with Crippen LogP contribution in [-0.4, -0.2) is 19.0 Å². The molecule has 0 aromatic heterocycles. The predicted octanol–water partition coefficient (Wildman–Crippen LogP) is 5.33. The van der Waals surface area contributed by atoms with Crippen molar-refractivity contribution in [2.24, 2.45) is 0 Å². The Morgan fingerprint density at radius 1 is 1.24 bits per heavy atom. The molecule has 2 nitrogen and oxygen atoms in total. The minimum absolute atomic E-state index is 0.149. The lowest BCUT2D eigenvalue weighted by atomic mass is 9.86. The van der Waals surface area contributed by atoms with Crippen molar-refractivity contribution in [1.29, 1.82) is 0 Å². The number of benzene rings is 1. The molecule has 1 atom stereocenters. The third-order valence-corrected chi connectivity index (χ3v) is 4.61. The third-order valence-electron chi connectivity index (χ3n) is 4.27. The summed E-state index contributed by atoms with van der Waals surface area (Å²) in [6, 6.07) is 5.03. The second-order valence-electron chi connectivity index (χ2n) is 5.95. The van der Waals surface area contributed by atoms with Gasteiger partial charge in [0.25, 0.3) is 0 Å². The van der Waals surface area contributed by atoms with E-state index in [0.717, 1.165) is 49.8 Å². The third kappa shape index (κ3) is 6.66. The molecule has 4 heteroatoms. The van der Waals surface area contributed by atoms with E-state index >= 15 is 0 Å². The van der Waals surface area contributed by atoms with Gasteiger partial charge in [-0.3, -0.25) is 0 Å². The standard InChI is InChI=1S/C11H16O2.C8H10FP.C2H6/c1-3-10-8-11(5-4-9(10)2)12-6-7-13-11;1-2-6-3-7(9)5-8(10)4-6;1-2/h3H,2,4-8H2,1H3;3-5H,2,10H2,1H3;1-2H3/b10-3-;;. The normalized spacial score (nSPS) is 19.9. The van der Waals surface area contributed by atoms with Crippen molar-refractivity contribution in [3.8, 4) is 0 Å². The zero-order valence-electron chi connectivity index (χ0n) is 16.0. The molecule has 25 heavy (non-hydrogen) atoms. The number of allylic oxidation sites excluding steroid dienone is 2. The zero-order valence-corrected chi connectivity index (χ0v) is 17.2. The van der Waals surface area contributed by atoms with Gasteiger partial charge in [-0.05, 0) is 48.3 Å². The molecule has 0 bridgehead atoms. The lowest BCUT2D eigenvalue weighted by Crippen LogP contribution is -2.34. The zero-order chi connectivity index (χ0) is 18.9. The Kier molecular flexibility index (Phi) is 9.56. The Hall–Kier alpha value is -1.02. The molecule has 3 rings (SSSR count). The highest BCUT2D eigenvalue weighted by Crippen LogP contribution is 2.40. The highest BCUT2D eigenvalue weighted by atomic mass is 31.0. The van der Waals surface area contributed by atoms with E-state index in [1.165, 1.54) is 17.2 Å². The number of aryl methyl sites for hydroxylation is 1. The minimum atomic E-state index is -0.303. The molecule has 1 unspecified atom stereocenters. The van der Waals surface area contributed by atoms with Crippen LogP contribution in [0.1, 0.15) is 52.5 Å². The van der Waals surface area contributed by atoms with Gasteiger partial charge in [0.05, 0.1) is 13.2 Å². The number of rotatable bonds is 1. The Bertz CT molecular complexity index is 569. The molecular weight excluding hydrogens is 334 g/mol. The molecule has 1 spiro atoms. The van der Waals surface area contributed by atoms with E-state index in [0.29, 0.717) is 0 Å². The van der Waals surface area contributed by atoms with E-state index in [9.17, 15) is 4.39 Å². The molecule has 1 saturated carbocycles. The summed E-state index contributed by atoms with van der Waals surface area (Å²) in [5, 5.41) is 0.914. The van der Waals surface area contributed by atoms with Crippen molar-refractivity contribution in [3.05, 3.63) is 53.4 Å². The molecule has 2 fully saturated rings. The van der Waals surface area contributed by atoms with Gasteiger partial charge in [0, 0.05) is 12.8 Å². The smallest absolute Gasteiger partial charge is 0.172 e. The van der Waals surface area contributed by atoms with Crippen LogP contribution >= 0.6 is 9.24 Å². The van der Waals surface area contributed by atoms with Crippen molar-refractivity contribution < 1.29 is 13.9 Å². The fourth-order valence-electron chi connectivity index (χ4n) is 2.93. The van der Waals surface area contributed by atoms with Gasteiger partial charge in [-0.15, -0.1) is 9.24 Å². The molecule has 1 saturated heterocycles. The summed E-state index contributed by atoms with van der Waals surface area (Å²) in [5.41, 5.74) is 3.59. The van der Waals surface area contributed by atoms with E-state index in [1.54, 1.807) is 6.07 Å². The average molecular weight is 366 g/mol. The quantitative estimate of drug-likeness (QED) is 0.626. The molecule has 140 valence electrons. The van der Waals surface area contributed by atoms with Crippen molar-refractivity contribution in [1.82, 2.24) is 0 Å². The van der Waals surface area contributed by atoms with Crippen LogP contribution in [0.15, 0.2) is 42.0 Å². The van der Waals surface area contributed by atoms with E-state index < -0.39 is 0 Å². The summed E-state index contributed by atoms with van der Waals surface area (Å²) in [6.07, 6.45) is 5.85. The summed E-state index contributed by atoms with van der Waals surface area (Å²) in [7, 11) is 2.49. The lowest BCUT2D eigenvalue weighted by molar-refractivity contribution is -0.163. The van der Waals surface area contributed by atoms with Gasteiger partial charge in [0.1, 0.15) is 5.82 Å². The first kappa shape index (κ1) is 22.0. The minimum Gasteiger partial charge on any atom is -0.347 e. The van der Waals surface area contributed by atoms with Crippen molar-refractivity contribution in [3.63, 3.8) is 0 Å². The summed E-state index contributed by atoms with van der Waals surface area (Å²) < 4.78 is 23.9. The predicted molar refractivity (Wildman–Crippen MR) is 108 cm³/mol. The summed E-state index contributed by atoms with van der Waals surface area (Å²) >= 11 is 0. The molecule has 0 radical (unpaired) electrons. The fourth-order valence-corrected chi connectivity index (χ4v) is 3.31. The monoisotopic (exact) mass is 366 g/mol. The van der Waals surface area contributed by atoms with Gasteiger partial charge in [0.2, 0.25) is 0 Å². The number of halogens is 1. The van der Waals surface area contributed by atoms with Crippen LogP contribution < -0.4 is 5.30 Å². The van der Waals surface area contributed by atoms with Gasteiger partial charge >= 0.3 is 0 Å². The topological polar surface area (TPSA) is 18.5 Å². The van der Waals surface area contributed by atoms with E-state index in [4.69, 9.17) is 9.47 Å². The Morgan fingerprint density at radius 2 is 1.88 bits per heavy atom. The highest BCUT2D eigenvalue weighted by Gasteiger charge is 2.40. The highest BCUT2D eigenvalue weighted by molar-refractivity contribution is 7.27. The maximum Gasteiger partial charge on any atom is 0.172 e. The molecular formula is C21H32FO2P. The molecule has 2 aliphatic rings. The molecule has 0 amide bonds. The van der Waals surface area contributed by atoms with Crippen LogP contribution in [0.5, 0.6) is 0 Å². The Morgan fingerprint density at radius 3 is 2.40 bits per heavy atom. The second kappa shape index (κ2) is 10.9. The largest absolute Gasteiger partial charge is 0.347 e. The maximum atomic E-state index is 12.6. The summed E-state index contributed by atoms with van der Waals surface area (Å²) in [6.45, 7) is 13.6. The second-order valence-corrected chi connectivity index (χ2v) is 6.61. The van der Waals surface area contributed by atoms with Gasteiger partial charge in [-0.1, -0.05) is 45.1 Å². The summed E-state index contributed by atoms with van der Waals surface area (Å²) in [4.78, 5) is 0. The van der Waals surface area contributed by atoms with Crippen molar-refractivity contribution >= 4 is 14.5 Å². The van der Waals surface area contributed by atoms with Crippen LogP contribution in [-0.2, 0) is 15.9 Å². The fraction of sp³-hybridized carbons (Fsp3) is 0.524. The average Bonchev–Trinajstić information content (AvgIpc) is 3.07. The first-order chi connectivity index (χ1) is 12.0. The summed E-state index contributed by atoms with van der Waals surface area (Å²) in [5.74, 6) is -0.451. The van der Waals surface area contributed by atoms with Crippen LogP contribution in [0.25, 0.3) is 0 Å².